The number of aromatic nitrogens is 3. The summed E-state index contributed by atoms with van der Waals surface area (Å²) in [6.07, 6.45) is 6.30. The maximum Gasteiger partial charge on any atom is 0.387 e. The van der Waals surface area contributed by atoms with Gasteiger partial charge in [0.2, 0.25) is 5.95 Å². The fraction of sp³-hybridized carbons (Fsp3) is 0.333. The molecule has 36 heavy (non-hydrogen) atoms. The van der Waals surface area contributed by atoms with Gasteiger partial charge in [-0.2, -0.15) is 8.78 Å². The molecular formula is C27H30F2N6O. The topological polar surface area (TPSA) is 81.2 Å². The zero-order valence-electron chi connectivity index (χ0n) is 20.7. The number of hydrogen-bond donors (Lipinski definition) is 2. The lowest BCUT2D eigenvalue weighted by atomic mass is 10.0. The van der Waals surface area contributed by atoms with Crippen LogP contribution >= 0.6 is 0 Å². The van der Waals surface area contributed by atoms with Gasteiger partial charge in [-0.25, -0.2) is 9.97 Å². The third kappa shape index (κ3) is 4.41. The molecule has 0 unspecified atom stereocenters. The highest BCUT2D eigenvalue weighted by molar-refractivity contribution is 5.98. The first-order valence-corrected chi connectivity index (χ1v) is 12.2. The Morgan fingerprint density at radius 1 is 1.28 bits per heavy atom. The number of aryl methyl sites for hydroxylation is 3. The Hall–Kier alpha value is -3.88. The van der Waals surface area contributed by atoms with Crippen LogP contribution < -0.4 is 20.7 Å². The summed E-state index contributed by atoms with van der Waals surface area (Å²) in [4.78, 5) is 11.0. The van der Waals surface area contributed by atoms with E-state index in [1.807, 2.05) is 44.4 Å². The molecule has 0 saturated heterocycles. The number of rotatable bonds is 8. The van der Waals surface area contributed by atoms with Crippen LogP contribution in [0.1, 0.15) is 30.9 Å². The Morgan fingerprint density at radius 2 is 2.11 bits per heavy atom. The highest BCUT2D eigenvalue weighted by atomic mass is 19.3. The van der Waals surface area contributed by atoms with E-state index in [9.17, 15) is 8.78 Å². The van der Waals surface area contributed by atoms with Crippen LogP contribution in [-0.2, 0) is 13.0 Å². The second kappa shape index (κ2) is 9.64. The molecule has 9 heteroatoms. The van der Waals surface area contributed by atoms with E-state index in [0.717, 1.165) is 65.8 Å². The van der Waals surface area contributed by atoms with Crippen molar-refractivity contribution in [3.63, 3.8) is 0 Å². The minimum Gasteiger partial charge on any atom is -0.431 e. The average molecular weight is 493 g/mol. The molecule has 0 spiro atoms. The molecular weight excluding hydrogens is 462 g/mol. The second-order valence-electron chi connectivity index (χ2n) is 9.21. The summed E-state index contributed by atoms with van der Waals surface area (Å²) >= 11 is 0. The van der Waals surface area contributed by atoms with E-state index >= 15 is 0 Å². The van der Waals surface area contributed by atoms with E-state index in [0.29, 0.717) is 11.4 Å². The lowest BCUT2D eigenvalue weighted by Crippen LogP contribution is -2.19. The normalized spacial score (nSPS) is 12.8. The Labute approximate surface area is 208 Å². The third-order valence-electron chi connectivity index (χ3n) is 6.64. The molecule has 2 aromatic carbocycles. The number of para-hydroxylation sites is 1. The van der Waals surface area contributed by atoms with Crippen molar-refractivity contribution in [1.82, 2.24) is 14.5 Å². The molecule has 1 aliphatic heterocycles. The summed E-state index contributed by atoms with van der Waals surface area (Å²) in [7, 11) is 2.01. The van der Waals surface area contributed by atoms with Gasteiger partial charge in [0, 0.05) is 43.0 Å². The summed E-state index contributed by atoms with van der Waals surface area (Å²) < 4.78 is 33.5. The highest BCUT2D eigenvalue weighted by Gasteiger charge is 2.22. The molecule has 0 radical (unpaired) electrons. The van der Waals surface area contributed by atoms with Gasteiger partial charge in [0.05, 0.1) is 23.1 Å². The lowest BCUT2D eigenvalue weighted by Gasteiger charge is -2.22. The van der Waals surface area contributed by atoms with E-state index in [1.165, 1.54) is 11.8 Å². The minimum atomic E-state index is -2.99. The molecule has 2 aromatic heterocycles. The number of nitrogens with one attached hydrogen (secondary N) is 1. The van der Waals surface area contributed by atoms with E-state index in [2.05, 4.69) is 37.7 Å². The summed E-state index contributed by atoms with van der Waals surface area (Å²) in [5, 5.41) is 4.18. The molecule has 0 bridgehead atoms. The maximum atomic E-state index is 13.3. The predicted octanol–water partition coefficient (Wildman–Crippen LogP) is 6.13. The monoisotopic (exact) mass is 492 g/mol. The summed E-state index contributed by atoms with van der Waals surface area (Å²) in [5.41, 5.74) is 13.1. The number of halogens is 2. The van der Waals surface area contributed by atoms with Gasteiger partial charge in [0.15, 0.2) is 5.75 Å². The van der Waals surface area contributed by atoms with Crippen molar-refractivity contribution in [3.8, 4) is 17.0 Å². The van der Waals surface area contributed by atoms with Crippen molar-refractivity contribution in [2.45, 2.75) is 46.3 Å². The molecule has 4 aromatic rings. The fourth-order valence-electron chi connectivity index (χ4n) is 5.00. The van der Waals surface area contributed by atoms with Gasteiger partial charge in [0.1, 0.15) is 5.69 Å². The van der Waals surface area contributed by atoms with E-state index in [-0.39, 0.29) is 11.7 Å². The number of alkyl halides is 2. The number of benzene rings is 2. The first-order valence-electron chi connectivity index (χ1n) is 12.2. The predicted molar refractivity (Wildman–Crippen MR) is 140 cm³/mol. The second-order valence-corrected chi connectivity index (χ2v) is 9.21. The van der Waals surface area contributed by atoms with Gasteiger partial charge in [-0.05, 0) is 49.4 Å². The van der Waals surface area contributed by atoms with Crippen LogP contribution in [0.4, 0.5) is 31.8 Å². The minimum absolute atomic E-state index is 0.0629. The summed E-state index contributed by atoms with van der Waals surface area (Å²) in [6, 6.07) is 9.97. The summed E-state index contributed by atoms with van der Waals surface area (Å²) in [6.45, 7) is 2.87. The van der Waals surface area contributed by atoms with Gasteiger partial charge in [-0.3, -0.25) is 0 Å². The van der Waals surface area contributed by atoms with E-state index in [1.54, 1.807) is 0 Å². The van der Waals surface area contributed by atoms with Crippen molar-refractivity contribution >= 4 is 33.9 Å². The van der Waals surface area contributed by atoms with Crippen molar-refractivity contribution < 1.29 is 13.5 Å². The Kier molecular flexibility index (Phi) is 6.38. The number of nitrogen functional groups attached to an aromatic ring is 1. The standard InChI is InChI=1S/C27H30F2N6O/c1-4-10-34(3)22-12-16(2)21(13-20(22)30)32-27-31-14-23(36-26(28)29)24(33-27)19-15-35-11-6-8-17-7-5-9-18(19)25(17)35/h5,7,9,12-15,26H,4,6,8,10-11,30H2,1-3H3,(H,31,32,33). The van der Waals surface area contributed by atoms with Gasteiger partial charge >= 0.3 is 6.61 Å². The molecule has 1 aliphatic rings. The Morgan fingerprint density at radius 3 is 2.89 bits per heavy atom. The zero-order chi connectivity index (χ0) is 25.4. The number of anilines is 4. The SMILES string of the molecule is CCCN(C)c1cc(C)c(Nc2ncc(OC(F)F)c(-c3cn4c5c(cccc35)CCC4)n2)cc1N. The van der Waals surface area contributed by atoms with Gasteiger partial charge in [-0.1, -0.05) is 25.1 Å². The van der Waals surface area contributed by atoms with Crippen molar-refractivity contribution in [3.05, 3.63) is 53.9 Å². The molecule has 0 saturated carbocycles. The van der Waals surface area contributed by atoms with Gasteiger partial charge in [0.25, 0.3) is 0 Å². The largest absolute Gasteiger partial charge is 0.431 e. The molecule has 5 rings (SSSR count). The van der Waals surface area contributed by atoms with Crippen LogP contribution in [0, 0.1) is 6.92 Å². The smallest absolute Gasteiger partial charge is 0.387 e. The summed E-state index contributed by atoms with van der Waals surface area (Å²) in [5.74, 6) is 0.211. The van der Waals surface area contributed by atoms with Crippen LogP contribution in [0.3, 0.4) is 0 Å². The molecule has 3 heterocycles. The number of hydrogen-bond acceptors (Lipinski definition) is 6. The lowest BCUT2D eigenvalue weighted by molar-refractivity contribution is -0.0498. The fourth-order valence-corrected chi connectivity index (χ4v) is 5.00. The van der Waals surface area contributed by atoms with E-state index in [4.69, 9.17) is 10.5 Å². The van der Waals surface area contributed by atoms with Gasteiger partial charge < -0.3 is 25.3 Å². The van der Waals surface area contributed by atoms with Crippen molar-refractivity contribution in [2.24, 2.45) is 0 Å². The van der Waals surface area contributed by atoms with E-state index < -0.39 is 6.61 Å². The number of nitrogens with two attached hydrogens (primary N) is 1. The number of ether oxygens (including phenoxy) is 1. The molecule has 0 fully saturated rings. The first kappa shape index (κ1) is 23.8. The van der Waals surface area contributed by atoms with Crippen LogP contribution in [-0.4, -0.2) is 34.7 Å². The Balaban J connectivity index is 1.56. The van der Waals surface area contributed by atoms with Crippen LogP contribution in [0.25, 0.3) is 22.2 Å². The Bertz CT molecular complexity index is 1420. The quantitative estimate of drug-likeness (QED) is 0.288. The average Bonchev–Trinajstić information content (AvgIpc) is 3.22. The molecule has 0 amide bonds. The van der Waals surface area contributed by atoms with Crippen LogP contribution in [0.5, 0.6) is 5.75 Å². The molecule has 0 atom stereocenters. The highest BCUT2D eigenvalue weighted by Crippen LogP contribution is 2.39. The molecule has 188 valence electrons. The first-order chi connectivity index (χ1) is 17.4. The maximum absolute atomic E-state index is 13.3. The van der Waals surface area contributed by atoms with Crippen molar-refractivity contribution in [2.75, 3.05) is 29.5 Å². The molecule has 0 aliphatic carbocycles. The van der Waals surface area contributed by atoms with Crippen molar-refractivity contribution in [1.29, 1.82) is 0 Å². The molecule has 7 nitrogen and oxygen atoms in total. The third-order valence-corrected chi connectivity index (χ3v) is 6.64. The zero-order valence-corrected chi connectivity index (χ0v) is 20.7. The number of nitrogens with zero attached hydrogens (tertiary/aromatic N) is 4. The molecule has 3 N–H and O–H groups in total. The van der Waals surface area contributed by atoms with Crippen LogP contribution in [0.2, 0.25) is 0 Å². The van der Waals surface area contributed by atoms with Crippen LogP contribution in [0.15, 0.2) is 42.7 Å². The van der Waals surface area contributed by atoms with Gasteiger partial charge in [-0.15, -0.1) is 0 Å².